The van der Waals surface area contributed by atoms with Gasteiger partial charge in [-0.15, -0.1) is 5.10 Å². The maximum absolute atomic E-state index is 11.6. The zero-order valence-corrected chi connectivity index (χ0v) is 13.9. The highest BCUT2D eigenvalue weighted by Crippen LogP contribution is 2.24. The fourth-order valence-corrected chi connectivity index (χ4v) is 2.36. The highest BCUT2D eigenvalue weighted by molar-refractivity contribution is 5.72. The van der Waals surface area contributed by atoms with Crippen molar-refractivity contribution in [3.63, 3.8) is 0 Å². The van der Waals surface area contributed by atoms with Crippen molar-refractivity contribution in [1.29, 1.82) is 0 Å². The number of benzene rings is 1. The number of nitrogens with zero attached hydrogens (tertiary/aromatic N) is 4. The van der Waals surface area contributed by atoms with Gasteiger partial charge in [-0.25, -0.2) is 9.48 Å². The predicted octanol–water partition coefficient (Wildman–Crippen LogP) is 2.54. The van der Waals surface area contributed by atoms with Gasteiger partial charge in [0.15, 0.2) is 11.9 Å². The van der Waals surface area contributed by atoms with Gasteiger partial charge in [-0.05, 0) is 47.4 Å². The monoisotopic (exact) mass is 318 g/mol. The van der Waals surface area contributed by atoms with E-state index in [1.165, 1.54) is 4.68 Å². The summed E-state index contributed by atoms with van der Waals surface area (Å²) in [6.45, 7) is 7.92. The Hall–Kier alpha value is -2.44. The first kappa shape index (κ1) is 16.9. The van der Waals surface area contributed by atoms with Crippen LogP contribution in [0.2, 0.25) is 0 Å². The Morgan fingerprint density at radius 3 is 2.78 bits per heavy atom. The highest BCUT2D eigenvalue weighted by Gasteiger charge is 2.29. The number of tetrazole rings is 1. The molecule has 0 spiro atoms. The van der Waals surface area contributed by atoms with Gasteiger partial charge >= 0.3 is 5.97 Å². The van der Waals surface area contributed by atoms with E-state index in [-0.39, 0.29) is 12.5 Å². The van der Waals surface area contributed by atoms with Crippen molar-refractivity contribution in [2.45, 2.75) is 46.8 Å². The van der Waals surface area contributed by atoms with Crippen molar-refractivity contribution in [2.24, 2.45) is 5.92 Å². The summed E-state index contributed by atoms with van der Waals surface area (Å²) in [5.74, 6) is 0.115. The normalized spacial score (nSPS) is 13.6. The average molecular weight is 318 g/mol. The number of carboxylic acid groups (broad SMARTS) is 1. The molecule has 1 N–H and O–H groups in total. The van der Waals surface area contributed by atoms with Crippen LogP contribution in [0.25, 0.3) is 0 Å². The Kier molecular flexibility index (Phi) is 5.31. The topological polar surface area (TPSA) is 90.1 Å². The molecule has 2 rings (SSSR count). The van der Waals surface area contributed by atoms with Crippen LogP contribution in [-0.2, 0) is 11.4 Å². The molecule has 2 unspecified atom stereocenters. The average Bonchev–Trinajstić information content (AvgIpc) is 2.96. The van der Waals surface area contributed by atoms with Crippen molar-refractivity contribution in [3.8, 4) is 5.75 Å². The van der Waals surface area contributed by atoms with E-state index in [2.05, 4.69) is 15.5 Å². The third-order valence-corrected chi connectivity index (χ3v) is 4.17. The maximum atomic E-state index is 11.6. The van der Waals surface area contributed by atoms with Crippen LogP contribution in [0, 0.1) is 19.8 Å². The Morgan fingerprint density at radius 1 is 1.39 bits per heavy atom. The number of hydrogen-bond donors (Lipinski definition) is 1. The number of carbonyl (C=O) groups is 1. The van der Waals surface area contributed by atoms with Crippen LogP contribution in [-0.4, -0.2) is 31.3 Å². The SMILES string of the molecule is CCC(C)C(C(=O)O)n1nnnc1COc1cccc(C)c1C. The highest BCUT2D eigenvalue weighted by atomic mass is 16.5. The van der Waals surface area contributed by atoms with Crippen LogP contribution in [0.5, 0.6) is 5.75 Å². The zero-order chi connectivity index (χ0) is 17.0. The Bertz CT molecular complexity index is 684. The molecule has 1 heterocycles. The molecule has 7 nitrogen and oxygen atoms in total. The molecule has 0 aliphatic carbocycles. The first-order chi connectivity index (χ1) is 11.0. The molecular weight excluding hydrogens is 296 g/mol. The summed E-state index contributed by atoms with van der Waals surface area (Å²) >= 11 is 0. The van der Waals surface area contributed by atoms with Crippen LogP contribution in [0.1, 0.15) is 43.3 Å². The fourth-order valence-electron chi connectivity index (χ4n) is 2.36. The van der Waals surface area contributed by atoms with Gasteiger partial charge in [0, 0.05) is 0 Å². The number of hydrogen-bond acceptors (Lipinski definition) is 5. The van der Waals surface area contributed by atoms with E-state index in [0.29, 0.717) is 12.2 Å². The molecule has 0 aliphatic heterocycles. The molecule has 0 aliphatic rings. The Labute approximate surface area is 135 Å². The summed E-state index contributed by atoms with van der Waals surface area (Å²) in [6.07, 6.45) is 0.716. The van der Waals surface area contributed by atoms with Crippen molar-refractivity contribution in [2.75, 3.05) is 0 Å². The molecule has 0 saturated heterocycles. The minimum Gasteiger partial charge on any atom is -0.485 e. The zero-order valence-electron chi connectivity index (χ0n) is 13.9. The summed E-state index contributed by atoms with van der Waals surface area (Å²) in [4.78, 5) is 11.6. The van der Waals surface area contributed by atoms with E-state index < -0.39 is 12.0 Å². The molecule has 124 valence electrons. The van der Waals surface area contributed by atoms with Gasteiger partial charge in [0.1, 0.15) is 12.4 Å². The van der Waals surface area contributed by atoms with Gasteiger partial charge in [-0.1, -0.05) is 32.4 Å². The summed E-state index contributed by atoms with van der Waals surface area (Å²) in [7, 11) is 0. The summed E-state index contributed by atoms with van der Waals surface area (Å²) < 4.78 is 7.14. The lowest BCUT2D eigenvalue weighted by atomic mass is 9.99. The second-order valence-electron chi connectivity index (χ2n) is 5.70. The molecule has 7 heteroatoms. The molecule has 0 saturated carbocycles. The minimum absolute atomic E-state index is 0.0875. The van der Waals surface area contributed by atoms with Gasteiger partial charge in [0.2, 0.25) is 0 Å². The van der Waals surface area contributed by atoms with Gasteiger partial charge in [-0.2, -0.15) is 0 Å². The Balaban J connectivity index is 2.21. The van der Waals surface area contributed by atoms with Gasteiger partial charge in [0.25, 0.3) is 0 Å². The number of rotatable bonds is 7. The fraction of sp³-hybridized carbons (Fsp3) is 0.500. The summed E-state index contributed by atoms with van der Waals surface area (Å²) in [5.41, 5.74) is 2.17. The molecule has 0 radical (unpaired) electrons. The molecule has 0 bridgehead atoms. The first-order valence-corrected chi connectivity index (χ1v) is 7.64. The van der Waals surface area contributed by atoms with Crippen LogP contribution in [0.3, 0.4) is 0 Å². The van der Waals surface area contributed by atoms with E-state index in [0.717, 1.165) is 16.9 Å². The summed E-state index contributed by atoms with van der Waals surface area (Å²) in [6, 6.07) is 5.00. The third-order valence-electron chi connectivity index (χ3n) is 4.17. The van der Waals surface area contributed by atoms with Crippen molar-refractivity contribution < 1.29 is 14.6 Å². The van der Waals surface area contributed by atoms with E-state index in [9.17, 15) is 9.90 Å². The largest absolute Gasteiger partial charge is 0.485 e. The quantitative estimate of drug-likeness (QED) is 0.843. The number of aromatic nitrogens is 4. The summed E-state index contributed by atoms with van der Waals surface area (Å²) in [5, 5.41) is 20.9. The van der Waals surface area contributed by atoms with Gasteiger partial charge in [0.05, 0.1) is 0 Å². The molecular formula is C16H22N4O3. The third kappa shape index (κ3) is 3.67. The first-order valence-electron chi connectivity index (χ1n) is 7.64. The van der Waals surface area contributed by atoms with Crippen molar-refractivity contribution in [3.05, 3.63) is 35.2 Å². The van der Waals surface area contributed by atoms with E-state index in [1.807, 2.05) is 45.9 Å². The van der Waals surface area contributed by atoms with E-state index in [4.69, 9.17) is 4.74 Å². The van der Waals surface area contributed by atoms with Crippen LogP contribution < -0.4 is 4.74 Å². The molecule has 1 aromatic heterocycles. The molecule has 1 aromatic carbocycles. The number of carboxylic acids is 1. The lowest BCUT2D eigenvalue weighted by molar-refractivity contribution is -0.143. The number of aliphatic carboxylic acids is 1. The van der Waals surface area contributed by atoms with Gasteiger partial charge in [-0.3, -0.25) is 0 Å². The molecule has 0 amide bonds. The lowest BCUT2D eigenvalue weighted by Gasteiger charge is -2.19. The van der Waals surface area contributed by atoms with Crippen molar-refractivity contribution in [1.82, 2.24) is 20.2 Å². The molecule has 2 atom stereocenters. The molecule has 2 aromatic rings. The second-order valence-corrected chi connectivity index (χ2v) is 5.70. The van der Waals surface area contributed by atoms with Crippen LogP contribution >= 0.6 is 0 Å². The van der Waals surface area contributed by atoms with Crippen LogP contribution in [0.4, 0.5) is 0 Å². The van der Waals surface area contributed by atoms with E-state index in [1.54, 1.807) is 0 Å². The van der Waals surface area contributed by atoms with Crippen LogP contribution in [0.15, 0.2) is 18.2 Å². The maximum Gasteiger partial charge on any atom is 0.328 e. The van der Waals surface area contributed by atoms with E-state index >= 15 is 0 Å². The van der Waals surface area contributed by atoms with Crippen molar-refractivity contribution >= 4 is 5.97 Å². The number of ether oxygens (including phenoxy) is 1. The predicted molar refractivity (Wildman–Crippen MR) is 84.2 cm³/mol. The Morgan fingerprint density at radius 2 is 2.13 bits per heavy atom. The van der Waals surface area contributed by atoms with Gasteiger partial charge < -0.3 is 9.84 Å². The minimum atomic E-state index is -0.945. The second kappa shape index (κ2) is 7.21. The molecule has 0 fully saturated rings. The standard InChI is InChI=1S/C16H22N4O3/c1-5-10(2)15(16(21)22)20-14(17-18-19-20)9-23-13-8-6-7-11(3)12(13)4/h6-8,10,15H,5,9H2,1-4H3,(H,21,22). The molecule has 23 heavy (non-hydrogen) atoms. The number of aryl methyl sites for hydroxylation is 1. The smallest absolute Gasteiger partial charge is 0.328 e. The lowest BCUT2D eigenvalue weighted by Crippen LogP contribution is -2.28.